The summed E-state index contributed by atoms with van der Waals surface area (Å²) in [7, 11) is 0. The van der Waals surface area contributed by atoms with E-state index in [0.29, 0.717) is 0 Å². The predicted molar refractivity (Wildman–Crippen MR) is 59.3 cm³/mol. The van der Waals surface area contributed by atoms with Crippen LogP contribution in [-0.2, 0) is 0 Å². The van der Waals surface area contributed by atoms with Crippen molar-refractivity contribution >= 4 is 0 Å². The van der Waals surface area contributed by atoms with Crippen molar-refractivity contribution < 1.29 is 0 Å². The Hall–Kier alpha value is -0.120. The van der Waals surface area contributed by atoms with E-state index in [1.807, 2.05) is 0 Å². The van der Waals surface area contributed by atoms with Gasteiger partial charge in [-0.2, -0.15) is 0 Å². The quantitative estimate of drug-likeness (QED) is 0.715. The summed E-state index contributed by atoms with van der Waals surface area (Å²) >= 11 is 0. The van der Waals surface area contributed by atoms with Crippen molar-refractivity contribution in [3.05, 3.63) is 0 Å². The lowest BCUT2D eigenvalue weighted by Crippen LogP contribution is -2.58. The van der Waals surface area contributed by atoms with Crippen LogP contribution >= 0.6 is 0 Å². The van der Waals surface area contributed by atoms with Crippen LogP contribution in [0.15, 0.2) is 0 Å². The predicted octanol–water partition coefficient (Wildman–Crippen LogP) is 0.505. The first-order valence-corrected chi connectivity index (χ1v) is 5.95. The van der Waals surface area contributed by atoms with Gasteiger partial charge >= 0.3 is 0 Å². The Kier molecular flexibility index (Phi) is 3.10. The van der Waals surface area contributed by atoms with Crippen LogP contribution in [0.4, 0.5) is 0 Å². The third-order valence-corrected chi connectivity index (χ3v) is 3.80. The third-order valence-electron chi connectivity index (χ3n) is 3.80. The van der Waals surface area contributed by atoms with Crippen LogP contribution in [0.25, 0.3) is 0 Å². The van der Waals surface area contributed by atoms with Gasteiger partial charge in [0.25, 0.3) is 0 Å². The molecule has 2 N–H and O–H groups in total. The summed E-state index contributed by atoms with van der Waals surface area (Å²) in [4.78, 5) is 5.06. The molecule has 0 aromatic rings. The minimum absolute atomic E-state index is 0.175. The van der Waals surface area contributed by atoms with Crippen molar-refractivity contribution in [1.82, 2.24) is 9.80 Å². The van der Waals surface area contributed by atoms with Crippen molar-refractivity contribution in [2.75, 3.05) is 39.3 Å². The van der Waals surface area contributed by atoms with E-state index in [1.54, 1.807) is 0 Å². The molecule has 3 nitrogen and oxygen atoms in total. The van der Waals surface area contributed by atoms with Crippen molar-refractivity contribution in [2.24, 2.45) is 5.73 Å². The van der Waals surface area contributed by atoms with Gasteiger partial charge in [-0.3, -0.25) is 4.90 Å². The van der Waals surface area contributed by atoms with Crippen molar-refractivity contribution in [3.8, 4) is 0 Å². The highest BCUT2D eigenvalue weighted by atomic mass is 15.3. The smallest absolute Gasteiger partial charge is 0.0283 e. The van der Waals surface area contributed by atoms with Gasteiger partial charge in [0, 0.05) is 38.3 Å². The Morgan fingerprint density at radius 2 is 1.64 bits per heavy atom. The molecule has 1 heterocycles. The lowest BCUT2D eigenvalue weighted by molar-refractivity contribution is 0.0887. The van der Waals surface area contributed by atoms with Crippen LogP contribution in [0.3, 0.4) is 0 Å². The van der Waals surface area contributed by atoms with E-state index >= 15 is 0 Å². The minimum atomic E-state index is 0.175. The molecule has 14 heavy (non-hydrogen) atoms. The van der Waals surface area contributed by atoms with Crippen molar-refractivity contribution in [2.45, 2.75) is 31.7 Å². The number of piperazine rings is 1. The number of nitrogens with two attached hydrogens (primary N) is 1. The Labute approximate surface area is 87.2 Å². The molecule has 1 saturated heterocycles. The van der Waals surface area contributed by atoms with Crippen LogP contribution in [0.1, 0.15) is 26.2 Å². The molecule has 2 aliphatic rings. The fraction of sp³-hybridized carbons (Fsp3) is 1.00. The van der Waals surface area contributed by atoms with E-state index in [0.717, 1.165) is 6.54 Å². The first-order valence-electron chi connectivity index (χ1n) is 5.95. The maximum atomic E-state index is 6.25. The zero-order valence-electron chi connectivity index (χ0n) is 9.34. The number of likely N-dealkylation sites (N-methyl/N-ethyl adjacent to an activating group) is 1. The first kappa shape index (κ1) is 10.4. The van der Waals surface area contributed by atoms with Gasteiger partial charge in [-0.25, -0.2) is 0 Å². The van der Waals surface area contributed by atoms with Crippen LogP contribution in [-0.4, -0.2) is 54.6 Å². The molecule has 1 aliphatic heterocycles. The highest BCUT2D eigenvalue weighted by molar-refractivity contribution is 4.95. The molecule has 1 saturated carbocycles. The molecular weight excluding hydrogens is 174 g/mol. The van der Waals surface area contributed by atoms with Crippen LogP contribution < -0.4 is 5.73 Å². The summed E-state index contributed by atoms with van der Waals surface area (Å²) in [5, 5.41) is 0. The first-order chi connectivity index (χ1) is 6.72. The van der Waals surface area contributed by atoms with E-state index in [2.05, 4.69) is 16.7 Å². The Balaban J connectivity index is 1.73. The second kappa shape index (κ2) is 4.17. The molecule has 0 aromatic heterocycles. The standard InChI is InChI=1S/C11H23N3/c1-2-13-6-8-14(9-7-13)10-11(12)4-3-5-11/h2-10,12H2,1H3. The summed E-state index contributed by atoms with van der Waals surface area (Å²) in [6, 6.07) is 0. The van der Waals surface area contributed by atoms with E-state index in [-0.39, 0.29) is 5.54 Å². The number of rotatable bonds is 3. The number of hydrogen-bond donors (Lipinski definition) is 1. The Morgan fingerprint density at radius 3 is 2.07 bits per heavy atom. The van der Waals surface area contributed by atoms with Crippen LogP contribution in [0.2, 0.25) is 0 Å². The molecular formula is C11H23N3. The minimum Gasteiger partial charge on any atom is -0.324 e. The summed E-state index contributed by atoms with van der Waals surface area (Å²) in [5.74, 6) is 0. The summed E-state index contributed by atoms with van der Waals surface area (Å²) in [6.07, 6.45) is 3.81. The SMILES string of the molecule is CCN1CCN(CC2(N)CCC2)CC1. The molecule has 0 radical (unpaired) electrons. The topological polar surface area (TPSA) is 32.5 Å². The van der Waals surface area contributed by atoms with Gasteiger partial charge in [-0.1, -0.05) is 6.92 Å². The molecule has 0 atom stereocenters. The summed E-state index contributed by atoms with van der Waals surface area (Å²) in [5.41, 5.74) is 6.42. The van der Waals surface area contributed by atoms with E-state index in [4.69, 9.17) is 5.73 Å². The Bertz CT molecular complexity index is 181. The maximum Gasteiger partial charge on any atom is 0.0283 e. The van der Waals surface area contributed by atoms with Crippen LogP contribution in [0, 0.1) is 0 Å². The van der Waals surface area contributed by atoms with Gasteiger partial charge in [0.05, 0.1) is 0 Å². The fourth-order valence-corrected chi connectivity index (χ4v) is 2.50. The Morgan fingerprint density at radius 1 is 1.07 bits per heavy atom. The van der Waals surface area contributed by atoms with Gasteiger partial charge in [-0.05, 0) is 25.8 Å². The fourth-order valence-electron chi connectivity index (χ4n) is 2.50. The lowest BCUT2D eigenvalue weighted by Gasteiger charge is -2.44. The van der Waals surface area contributed by atoms with E-state index < -0.39 is 0 Å². The second-order valence-corrected chi connectivity index (χ2v) is 4.93. The highest BCUT2D eigenvalue weighted by Gasteiger charge is 2.34. The largest absolute Gasteiger partial charge is 0.324 e. The van der Waals surface area contributed by atoms with Gasteiger partial charge in [0.2, 0.25) is 0 Å². The normalized spacial score (nSPS) is 28.7. The zero-order chi connectivity index (χ0) is 10.0. The molecule has 3 heteroatoms. The number of nitrogens with zero attached hydrogens (tertiary/aromatic N) is 2. The monoisotopic (exact) mass is 197 g/mol. The molecule has 0 bridgehead atoms. The van der Waals surface area contributed by atoms with Gasteiger partial charge in [0.1, 0.15) is 0 Å². The van der Waals surface area contributed by atoms with Crippen molar-refractivity contribution in [3.63, 3.8) is 0 Å². The third kappa shape index (κ3) is 2.27. The zero-order valence-corrected chi connectivity index (χ0v) is 9.34. The highest BCUT2D eigenvalue weighted by Crippen LogP contribution is 2.29. The summed E-state index contributed by atoms with van der Waals surface area (Å²) in [6.45, 7) is 9.46. The molecule has 0 spiro atoms. The molecule has 2 rings (SSSR count). The second-order valence-electron chi connectivity index (χ2n) is 4.93. The average molecular weight is 197 g/mol. The summed E-state index contributed by atoms with van der Waals surface area (Å²) < 4.78 is 0. The maximum absolute atomic E-state index is 6.25. The number of hydrogen-bond acceptors (Lipinski definition) is 3. The molecule has 2 fully saturated rings. The van der Waals surface area contributed by atoms with Gasteiger partial charge in [0.15, 0.2) is 0 Å². The average Bonchev–Trinajstić information content (AvgIpc) is 2.17. The van der Waals surface area contributed by atoms with E-state index in [9.17, 15) is 0 Å². The molecule has 1 aliphatic carbocycles. The lowest BCUT2D eigenvalue weighted by atomic mass is 9.77. The molecule has 0 amide bonds. The van der Waals surface area contributed by atoms with E-state index in [1.165, 1.54) is 52.0 Å². The molecule has 0 unspecified atom stereocenters. The van der Waals surface area contributed by atoms with Gasteiger partial charge < -0.3 is 10.6 Å². The molecule has 82 valence electrons. The van der Waals surface area contributed by atoms with Gasteiger partial charge in [-0.15, -0.1) is 0 Å². The van der Waals surface area contributed by atoms with Crippen LogP contribution in [0.5, 0.6) is 0 Å². The molecule has 0 aromatic carbocycles. The van der Waals surface area contributed by atoms with Crippen molar-refractivity contribution in [1.29, 1.82) is 0 Å².